The molecule has 0 amide bonds. The lowest BCUT2D eigenvalue weighted by atomic mass is 10.1. The van der Waals surface area contributed by atoms with Gasteiger partial charge in [-0.1, -0.05) is 0 Å². The molecule has 0 spiro atoms. The molecule has 2 atom stereocenters. The van der Waals surface area contributed by atoms with Gasteiger partial charge in [0, 0.05) is 25.2 Å². The van der Waals surface area contributed by atoms with Crippen molar-refractivity contribution in [3.63, 3.8) is 0 Å². The number of nitrogen functional groups attached to an aromatic ring is 1. The Balaban J connectivity index is 2.14. The minimum Gasteiger partial charge on any atom is -0.382 e. The van der Waals surface area contributed by atoms with Gasteiger partial charge in [-0.15, -0.1) is 0 Å². The van der Waals surface area contributed by atoms with Crippen molar-refractivity contribution in [1.29, 1.82) is 5.41 Å². The van der Waals surface area contributed by atoms with Crippen molar-refractivity contribution in [3.05, 3.63) is 18.1 Å². The number of nitrogens with two attached hydrogens (primary N) is 1. The molecule has 2 unspecified atom stereocenters. The maximum absolute atomic E-state index is 7.30. The number of piperazine rings is 1. The van der Waals surface area contributed by atoms with Crippen LogP contribution in [-0.2, 0) is 0 Å². The number of likely N-dealkylation sites (N-methyl/N-ethyl adjacent to an activating group) is 1. The van der Waals surface area contributed by atoms with Crippen molar-refractivity contribution in [3.8, 4) is 0 Å². The van der Waals surface area contributed by atoms with Gasteiger partial charge in [-0.2, -0.15) is 0 Å². The van der Waals surface area contributed by atoms with Crippen molar-refractivity contribution >= 4 is 11.7 Å². The molecule has 1 aliphatic heterocycles. The van der Waals surface area contributed by atoms with Gasteiger partial charge in [-0.05, 0) is 20.9 Å². The Labute approximate surface area is 107 Å². The Morgan fingerprint density at radius 3 is 2.33 bits per heavy atom. The van der Waals surface area contributed by atoms with Crippen LogP contribution in [-0.4, -0.2) is 52.9 Å². The standard InChI is InChI=1S/C12H20N6/c1-8-6-18(7-9(2)17(8)3)11-5-15-10(4-16-11)12(13)14/h4-5,8-9H,6-7H2,1-3H3,(H3,13,14). The topological polar surface area (TPSA) is 82.1 Å². The van der Waals surface area contributed by atoms with Crippen LogP contribution in [0.3, 0.4) is 0 Å². The first-order chi connectivity index (χ1) is 8.49. The monoisotopic (exact) mass is 248 g/mol. The number of hydrogen-bond donors (Lipinski definition) is 2. The van der Waals surface area contributed by atoms with E-state index < -0.39 is 0 Å². The zero-order valence-electron chi connectivity index (χ0n) is 11.1. The SMILES string of the molecule is CC1CN(c2cnc(C(=N)N)cn2)CC(C)N1C. The van der Waals surface area contributed by atoms with E-state index in [0.29, 0.717) is 17.8 Å². The summed E-state index contributed by atoms with van der Waals surface area (Å²) >= 11 is 0. The van der Waals surface area contributed by atoms with Crippen LogP contribution < -0.4 is 10.6 Å². The van der Waals surface area contributed by atoms with Crippen LogP contribution >= 0.6 is 0 Å². The molecule has 98 valence electrons. The molecule has 0 aliphatic carbocycles. The van der Waals surface area contributed by atoms with Crippen LogP contribution in [0.5, 0.6) is 0 Å². The highest BCUT2D eigenvalue weighted by Crippen LogP contribution is 2.18. The molecule has 1 aromatic rings. The van der Waals surface area contributed by atoms with Gasteiger partial charge in [0.05, 0.1) is 12.4 Å². The summed E-state index contributed by atoms with van der Waals surface area (Å²) in [6.45, 7) is 6.30. The van der Waals surface area contributed by atoms with Gasteiger partial charge in [0.25, 0.3) is 0 Å². The van der Waals surface area contributed by atoms with E-state index >= 15 is 0 Å². The van der Waals surface area contributed by atoms with Crippen molar-refractivity contribution in [2.75, 3.05) is 25.0 Å². The highest BCUT2D eigenvalue weighted by Gasteiger charge is 2.27. The van der Waals surface area contributed by atoms with Crippen LogP contribution in [0.25, 0.3) is 0 Å². The Morgan fingerprint density at radius 1 is 1.28 bits per heavy atom. The van der Waals surface area contributed by atoms with Gasteiger partial charge in [0.1, 0.15) is 17.3 Å². The van der Waals surface area contributed by atoms with E-state index in [9.17, 15) is 0 Å². The van der Waals surface area contributed by atoms with Crippen molar-refractivity contribution in [2.45, 2.75) is 25.9 Å². The molecular formula is C12H20N6. The molecule has 2 rings (SSSR count). The minimum absolute atomic E-state index is 0.0471. The lowest BCUT2D eigenvalue weighted by Crippen LogP contribution is -2.55. The molecule has 1 saturated heterocycles. The normalized spacial score (nSPS) is 25.2. The van der Waals surface area contributed by atoms with E-state index in [1.165, 1.54) is 0 Å². The quantitative estimate of drug-likeness (QED) is 0.580. The fraction of sp³-hybridized carbons (Fsp3) is 0.583. The lowest BCUT2D eigenvalue weighted by molar-refractivity contribution is 0.169. The van der Waals surface area contributed by atoms with Gasteiger partial charge < -0.3 is 10.6 Å². The first-order valence-electron chi connectivity index (χ1n) is 6.12. The number of aromatic nitrogens is 2. The molecule has 6 nitrogen and oxygen atoms in total. The highest BCUT2D eigenvalue weighted by molar-refractivity contribution is 5.92. The number of anilines is 1. The Bertz CT molecular complexity index is 417. The second kappa shape index (κ2) is 4.89. The van der Waals surface area contributed by atoms with Crippen molar-refractivity contribution in [1.82, 2.24) is 14.9 Å². The summed E-state index contributed by atoms with van der Waals surface area (Å²) in [4.78, 5) is 13.1. The second-order valence-corrected chi connectivity index (χ2v) is 4.94. The Kier molecular flexibility index (Phi) is 3.47. The van der Waals surface area contributed by atoms with Gasteiger partial charge in [0.2, 0.25) is 0 Å². The van der Waals surface area contributed by atoms with Crippen LogP contribution in [0.1, 0.15) is 19.5 Å². The largest absolute Gasteiger partial charge is 0.382 e. The van der Waals surface area contributed by atoms with E-state index in [1.54, 1.807) is 12.4 Å². The van der Waals surface area contributed by atoms with Gasteiger partial charge in [-0.25, -0.2) is 9.97 Å². The van der Waals surface area contributed by atoms with Gasteiger partial charge in [-0.3, -0.25) is 10.3 Å². The number of nitrogens with one attached hydrogen (secondary N) is 1. The third-order valence-corrected chi connectivity index (χ3v) is 3.60. The summed E-state index contributed by atoms with van der Waals surface area (Å²) in [5.41, 5.74) is 5.79. The molecule has 0 radical (unpaired) electrons. The van der Waals surface area contributed by atoms with Gasteiger partial charge in [0.15, 0.2) is 0 Å². The average molecular weight is 248 g/mol. The van der Waals surface area contributed by atoms with E-state index in [2.05, 4.69) is 40.7 Å². The molecule has 0 aromatic carbocycles. The summed E-state index contributed by atoms with van der Waals surface area (Å²) in [5, 5.41) is 7.30. The summed E-state index contributed by atoms with van der Waals surface area (Å²) in [5.74, 6) is 0.806. The number of hydrogen-bond acceptors (Lipinski definition) is 5. The molecule has 2 heterocycles. The fourth-order valence-corrected chi connectivity index (χ4v) is 2.22. The Hall–Kier alpha value is -1.69. The Morgan fingerprint density at radius 2 is 1.89 bits per heavy atom. The summed E-state index contributed by atoms with van der Waals surface area (Å²) in [6, 6.07) is 0.978. The van der Waals surface area contributed by atoms with Gasteiger partial charge >= 0.3 is 0 Å². The van der Waals surface area contributed by atoms with E-state index in [-0.39, 0.29) is 5.84 Å². The van der Waals surface area contributed by atoms with Crippen LogP contribution in [0.2, 0.25) is 0 Å². The summed E-state index contributed by atoms with van der Waals surface area (Å²) in [6.07, 6.45) is 3.26. The molecule has 0 saturated carbocycles. The zero-order chi connectivity index (χ0) is 13.3. The molecule has 6 heteroatoms. The predicted molar refractivity (Wildman–Crippen MR) is 71.9 cm³/mol. The molecule has 1 aliphatic rings. The van der Waals surface area contributed by atoms with Crippen LogP contribution in [0.4, 0.5) is 5.82 Å². The minimum atomic E-state index is -0.0471. The molecule has 1 aromatic heterocycles. The average Bonchev–Trinajstić information content (AvgIpc) is 2.35. The number of rotatable bonds is 2. The third-order valence-electron chi connectivity index (χ3n) is 3.60. The molecule has 18 heavy (non-hydrogen) atoms. The smallest absolute Gasteiger partial charge is 0.147 e. The lowest BCUT2D eigenvalue weighted by Gasteiger charge is -2.42. The van der Waals surface area contributed by atoms with Crippen LogP contribution in [0.15, 0.2) is 12.4 Å². The van der Waals surface area contributed by atoms with Crippen molar-refractivity contribution in [2.24, 2.45) is 5.73 Å². The maximum Gasteiger partial charge on any atom is 0.147 e. The number of amidine groups is 1. The predicted octanol–water partition coefficient (Wildman–Crippen LogP) is 0.289. The van der Waals surface area contributed by atoms with E-state index in [0.717, 1.165) is 18.9 Å². The van der Waals surface area contributed by atoms with E-state index in [4.69, 9.17) is 11.1 Å². The first-order valence-corrected chi connectivity index (χ1v) is 6.12. The first kappa shape index (κ1) is 12.8. The fourth-order valence-electron chi connectivity index (χ4n) is 2.22. The van der Waals surface area contributed by atoms with Crippen molar-refractivity contribution < 1.29 is 0 Å². The molecule has 1 fully saturated rings. The third kappa shape index (κ3) is 2.43. The number of nitrogens with zero attached hydrogens (tertiary/aromatic N) is 4. The zero-order valence-corrected chi connectivity index (χ0v) is 11.1. The van der Waals surface area contributed by atoms with E-state index in [1.807, 2.05) is 0 Å². The molecule has 0 bridgehead atoms. The van der Waals surface area contributed by atoms with Crippen LogP contribution in [0, 0.1) is 5.41 Å². The highest BCUT2D eigenvalue weighted by atomic mass is 15.3. The maximum atomic E-state index is 7.30. The molecular weight excluding hydrogens is 228 g/mol. The summed E-state index contributed by atoms with van der Waals surface area (Å²) in [7, 11) is 2.15. The second-order valence-electron chi connectivity index (χ2n) is 4.94. The molecule has 3 N–H and O–H groups in total. The summed E-state index contributed by atoms with van der Waals surface area (Å²) < 4.78 is 0.